The second kappa shape index (κ2) is 28.5. The molecule has 4 rings (SSSR count). The highest BCUT2D eigenvalue weighted by molar-refractivity contribution is 7.89. The molecule has 5 N–H and O–H groups in total. The van der Waals surface area contributed by atoms with Crippen molar-refractivity contribution in [3.05, 3.63) is 47.6 Å². The molecule has 3 heterocycles. The summed E-state index contributed by atoms with van der Waals surface area (Å²) in [6.45, 7) is 4.43. The molecule has 3 fully saturated rings. The second-order valence-corrected chi connectivity index (χ2v) is 20.9. The number of methoxy groups -OCH3 is 2. The Morgan fingerprint density at radius 2 is 1.67 bits per heavy atom. The molecule has 1 amide bonds. The van der Waals surface area contributed by atoms with E-state index in [1.165, 1.54) is 20.3 Å². The van der Waals surface area contributed by atoms with Crippen molar-refractivity contribution in [2.75, 3.05) is 46.3 Å². The van der Waals surface area contributed by atoms with E-state index in [2.05, 4.69) is 4.72 Å². The fourth-order valence-corrected chi connectivity index (χ4v) is 10.7. The predicted molar refractivity (Wildman–Crippen MR) is 255 cm³/mol. The average molecular weight is 995 g/mol. The lowest BCUT2D eigenvalue weighted by molar-refractivity contribution is -0.264. The van der Waals surface area contributed by atoms with Gasteiger partial charge < -0.3 is 49.0 Å². The maximum absolute atomic E-state index is 14.3. The Hall–Kier alpha value is -3.50. The number of carbonyl (C=O) groups is 5. The molecular weight excluding hydrogens is 917 g/mol. The fraction of sp³-hybridized carbons (Fsp3) is 0.740. The van der Waals surface area contributed by atoms with Crippen LogP contribution in [0.4, 0.5) is 0 Å². The zero-order valence-electron chi connectivity index (χ0n) is 41.1. The molecular formula is C50H78N2O16S. The monoisotopic (exact) mass is 995 g/mol. The summed E-state index contributed by atoms with van der Waals surface area (Å²) in [6.07, 6.45) is 10.2. The Balaban J connectivity index is 1.66. The number of aliphatic hydroxyl groups is 4. The third kappa shape index (κ3) is 17.6. The minimum Gasteiger partial charge on any atom is -0.460 e. The van der Waals surface area contributed by atoms with Crippen molar-refractivity contribution in [2.24, 2.45) is 11.8 Å². The van der Waals surface area contributed by atoms with Crippen molar-refractivity contribution in [3.63, 3.8) is 0 Å². The molecule has 0 radical (unpaired) electrons. The van der Waals surface area contributed by atoms with Crippen molar-refractivity contribution in [1.29, 1.82) is 0 Å². The highest BCUT2D eigenvalue weighted by Gasteiger charge is 2.53. The van der Waals surface area contributed by atoms with Crippen LogP contribution in [-0.2, 0) is 57.7 Å². The van der Waals surface area contributed by atoms with Crippen LogP contribution in [0.2, 0.25) is 0 Å². The number of amides is 1. The van der Waals surface area contributed by atoms with Crippen molar-refractivity contribution >= 4 is 39.2 Å². The van der Waals surface area contributed by atoms with Crippen LogP contribution in [0.25, 0.3) is 0 Å². The number of allylic oxidation sites excluding steroid dienone is 6. The van der Waals surface area contributed by atoms with Gasteiger partial charge in [0.2, 0.25) is 15.8 Å². The third-order valence-electron chi connectivity index (χ3n) is 13.9. The van der Waals surface area contributed by atoms with Crippen LogP contribution in [0.3, 0.4) is 0 Å². The van der Waals surface area contributed by atoms with Gasteiger partial charge in [-0.25, -0.2) is 17.9 Å². The molecule has 2 bridgehead atoms. The number of ketones is 3. The fourth-order valence-electron chi connectivity index (χ4n) is 9.49. The van der Waals surface area contributed by atoms with Gasteiger partial charge in [-0.2, -0.15) is 0 Å². The van der Waals surface area contributed by atoms with Gasteiger partial charge in [-0.15, -0.1) is 0 Å². The Morgan fingerprint density at radius 3 is 2.39 bits per heavy atom. The number of nitrogens with zero attached hydrogens (tertiary/aromatic N) is 1. The highest BCUT2D eigenvalue weighted by atomic mass is 32.2. The maximum atomic E-state index is 14.3. The Kier molecular flexibility index (Phi) is 24.0. The van der Waals surface area contributed by atoms with Gasteiger partial charge in [-0.3, -0.25) is 19.2 Å². The minimum absolute atomic E-state index is 0.0145. The average Bonchev–Trinajstić information content (AvgIpc) is 3.32. The van der Waals surface area contributed by atoms with E-state index in [4.69, 9.17) is 28.8 Å². The van der Waals surface area contributed by atoms with E-state index < -0.39 is 87.7 Å². The zero-order chi connectivity index (χ0) is 50.7. The first kappa shape index (κ1) is 58.1. The number of sulfonamides is 1. The highest BCUT2D eigenvalue weighted by Crippen LogP contribution is 2.37. The van der Waals surface area contributed by atoms with Crippen molar-refractivity contribution in [2.45, 2.75) is 178 Å². The molecule has 1 saturated carbocycles. The Bertz CT molecular complexity index is 1950. The number of hydrogen-bond donors (Lipinski definition) is 5. The molecule has 19 heteroatoms. The third-order valence-corrected chi connectivity index (χ3v) is 15.2. The number of rotatable bonds is 12. The summed E-state index contributed by atoms with van der Waals surface area (Å²) in [7, 11) is -1.10. The van der Waals surface area contributed by atoms with Gasteiger partial charge in [0.1, 0.15) is 30.1 Å². The molecule has 0 aromatic carbocycles. The molecule has 1 aliphatic carbocycles. The van der Waals surface area contributed by atoms with Crippen LogP contribution in [0.15, 0.2) is 47.6 Å². The molecule has 0 unspecified atom stereocenters. The summed E-state index contributed by atoms with van der Waals surface area (Å²) >= 11 is 0. The summed E-state index contributed by atoms with van der Waals surface area (Å²) in [4.78, 5) is 70.7. The normalized spacial score (nSPS) is 35.3. The number of carbonyl (C=O) groups excluding carboxylic acids is 5. The van der Waals surface area contributed by atoms with Crippen molar-refractivity contribution in [3.8, 4) is 0 Å². The molecule has 4 aliphatic rings. The van der Waals surface area contributed by atoms with Crippen LogP contribution in [0.5, 0.6) is 0 Å². The number of Topliss-reactive ketones (excluding diaryl/α,β-unsaturated/α-hetero) is 3. The number of hydrogen-bond acceptors (Lipinski definition) is 16. The van der Waals surface area contributed by atoms with E-state index in [-0.39, 0.29) is 94.9 Å². The van der Waals surface area contributed by atoms with Crippen LogP contribution in [-0.4, -0.2) is 164 Å². The number of ether oxygens (including phenoxy) is 5. The second-order valence-electron chi connectivity index (χ2n) is 19.1. The van der Waals surface area contributed by atoms with E-state index in [0.717, 1.165) is 4.90 Å². The maximum Gasteiger partial charge on any atom is 0.329 e. The van der Waals surface area contributed by atoms with E-state index in [1.54, 1.807) is 45.1 Å². The molecule has 2 saturated heterocycles. The van der Waals surface area contributed by atoms with Gasteiger partial charge in [0.15, 0.2) is 5.78 Å². The molecule has 0 aromatic rings. The Morgan fingerprint density at radius 1 is 0.899 bits per heavy atom. The van der Waals surface area contributed by atoms with Crippen molar-refractivity contribution in [1.82, 2.24) is 9.62 Å². The number of esters is 1. The molecule has 390 valence electrons. The smallest absolute Gasteiger partial charge is 0.329 e. The summed E-state index contributed by atoms with van der Waals surface area (Å²) in [5, 5.41) is 42.6. The van der Waals surface area contributed by atoms with Gasteiger partial charge >= 0.3 is 5.97 Å². The van der Waals surface area contributed by atoms with Gasteiger partial charge in [-0.05, 0) is 109 Å². The van der Waals surface area contributed by atoms with Gasteiger partial charge in [0.25, 0.3) is 11.7 Å². The van der Waals surface area contributed by atoms with Crippen LogP contribution in [0.1, 0.15) is 124 Å². The number of aliphatic hydroxyl groups excluding tert-OH is 3. The number of nitrogens with one attached hydrogen (secondary N) is 1. The molecule has 11 atom stereocenters. The largest absolute Gasteiger partial charge is 0.460 e. The first-order valence-electron chi connectivity index (χ1n) is 24.6. The first-order chi connectivity index (χ1) is 32.8. The van der Waals surface area contributed by atoms with E-state index in [0.29, 0.717) is 68.9 Å². The lowest BCUT2D eigenvalue weighted by Crippen LogP contribution is -2.61. The molecule has 0 aromatic heterocycles. The van der Waals surface area contributed by atoms with E-state index >= 15 is 0 Å². The molecule has 3 aliphatic heterocycles. The van der Waals surface area contributed by atoms with Crippen molar-refractivity contribution < 1.29 is 76.5 Å². The standard InChI is InChI=1S/C50H78N2O16S/c1-33-14-10-8-6-7-9-11-16-43(56)46(65-5)45(57)34(2)17-21-37(54)31-38(23-19-36-20-24-42(55)44(30-36)64-4)67-49(60)41-15-12-13-25-52(41)48(59)47(58)50(61)35(3)18-22-39(68-50)32-40(33)51-69(62,63)29-28-66-27-26-53/h6-8,10,14,17,35-36,38-42,44-46,51,53,55,57,61H,9,11-13,15-16,18-32H2,1-5H3/b7-6+,10-8+,33-14+,34-17+/t35-,36-,38-,39+,40-,41+,42-,44-,45-,46+,50-/m1/s1. The number of piperidine rings is 1. The van der Waals surface area contributed by atoms with Gasteiger partial charge in [0.05, 0.1) is 43.9 Å². The summed E-state index contributed by atoms with van der Waals surface area (Å²) in [5.41, 5.74) is 0.926. The van der Waals surface area contributed by atoms with E-state index in [9.17, 15) is 47.7 Å². The van der Waals surface area contributed by atoms with Gasteiger partial charge in [-0.1, -0.05) is 49.0 Å². The summed E-state index contributed by atoms with van der Waals surface area (Å²) < 4.78 is 57.6. The van der Waals surface area contributed by atoms with E-state index in [1.807, 2.05) is 6.08 Å². The van der Waals surface area contributed by atoms with Crippen LogP contribution >= 0.6 is 0 Å². The Labute approximate surface area is 407 Å². The van der Waals surface area contributed by atoms with Gasteiger partial charge in [0, 0.05) is 52.0 Å². The molecule has 0 spiro atoms. The first-order valence-corrected chi connectivity index (χ1v) is 26.3. The SMILES string of the molecule is CO[C@@H]1C[C@H](CC[C@@H]2CC(=O)C/C=C(\C)[C@@H](O)[C@@H](OC)C(=O)CCC/C=C/C=C/C=C(\C)[C@H](NS(=O)(=O)CCOCCO)C[C@@H]3CC[C@@H](C)[C@@](O)(O3)C(=O)C(=O)N3CCCC[C@H]3C(=O)O2)CC[C@H]1O. The summed E-state index contributed by atoms with van der Waals surface area (Å²) in [6, 6.07) is -2.09. The number of fused-ring (bicyclic) bond motifs is 3. The minimum atomic E-state index is -3.97. The van der Waals surface area contributed by atoms with Crippen LogP contribution < -0.4 is 4.72 Å². The lowest BCUT2D eigenvalue weighted by atomic mass is 9.82. The zero-order valence-corrected chi connectivity index (χ0v) is 41.9. The predicted octanol–water partition coefficient (Wildman–Crippen LogP) is 3.48. The molecule has 69 heavy (non-hydrogen) atoms. The summed E-state index contributed by atoms with van der Waals surface area (Å²) in [5.74, 6) is -7.56. The van der Waals surface area contributed by atoms with Crippen LogP contribution in [0, 0.1) is 11.8 Å². The topological polar surface area (TPSA) is 262 Å². The molecule has 18 nitrogen and oxygen atoms in total. The lowest BCUT2D eigenvalue weighted by Gasteiger charge is -2.42. The number of cyclic esters (lactones) is 1. The quantitative estimate of drug-likeness (QED) is 0.0812.